The van der Waals surface area contributed by atoms with E-state index in [-0.39, 0.29) is 0 Å². The molecule has 3 aromatic heterocycles. The lowest BCUT2D eigenvalue weighted by Crippen LogP contribution is -1.89. The van der Waals surface area contributed by atoms with Gasteiger partial charge in [-0.05, 0) is 51.7 Å². The first-order chi connectivity index (χ1) is 19.8. The summed E-state index contributed by atoms with van der Waals surface area (Å²) in [5, 5.41) is 5.93. The summed E-state index contributed by atoms with van der Waals surface area (Å²) in [4.78, 5) is 10.1. The molecule has 0 saturated carbocycles. The van der Waals surface area contributed by atoms with E-state index in [9.17, 15) is 0 Å². The van der Waals surface area contributed by atoms with Crippen LogP contribution in [0.15, 0.2) is 126 Å². The molecule has 0 aliphatic heterocycles. The van der Waals surface area contributed by atoms with Crippen molar-refractivity contribution in [2.75, 3.05) is 0 Å². The molecule has 9 rings (SSSR count). The molecule has 0 bridgehead atoms. The molecule has 0 fully saturated rings. The molecule has 0 radical (unpaired) electrons. The van der Waals surface area contributed by atoms with Crippen LogP contribution in [0.5, 0.6) is 0 Å². The topological polar surface area (TPSA) is 38.9 Å². The summed E-state index contributed by atoms with van der Waals surface area (Å²) in [6.45, 7) is 0. The molecule has 6 aromatic carbocycles. The maximum atomic E-state index is 6.26. The Bertz CT molecular complexity index is 2450. The van der Waals surface area contributed by atoms with Crippen LogP contribution >= 0.6 is 11.3 Å². The van der Waals surface area contributed by atoms with Gasteiger partial charge < -0.3 is 4.42 Å². The number of hydrogen-bond acceptors (Lipinski definition) is 4. The predicted molar refractivity (Wildman–Crippen MR) is 168 cm³/mol. The fourth-order valence-electron chi connectivity index (χ4n) is 6.04. The zero-order chi connectivity index (χ0) is 26.2. The molecule has 0 atom stereocenters. The van der Waals surface area contributed by atoms with Gasteiger partial charge in [-0.25, -0.2) is 9.97 Å². The van der Waals surface area contributed by atoms with Gasteiger partial charge in [-0.15, -0.1) is 11.3 Å². The SMILES string of the molecule is c1cc(-c2cccc3nc4c(nc23)oc2ccc3ccccc3c24)cc(-c2cccc3c2sc2ccccc23)c1. The van der Waals surface area contributed by atoms with Gasteiger partial charge in [-0.3, -0.25) is 0 Å². The number of nitrogens with zero attached hydrogens (tertiary/aromatic N) is 2. The van der Waals surface area contributed by atoms with E-state index in [1.54, 1.807) is 0 Å². The zero-order valence-electron chi connectivity index (χ0n) is 21.3. The van der Waals surface area contributed by atoms with E-state index in [1.165, 1.54) is 36.7 Å². The Kier molecular flexibility index (Phi) is 4.48. The Balaban J connectivity index is 1.25. The van der Waals surface area contributed by atoms with Crippen LogP contribution in [0.25, 0.3) is 86.4 Å². The summed E-state index contributed by atoms with van der Waals surface area (Å²) >= 11 is 1.86. The van der Waals surface area contributed by atoms with Gasteiger partial charge >= 0.3 is 0 Å². The van der Waals surface area contributed by atoms with Gasteiger partial charge in [0.2, 0.25) is 5.71 Å². The zero-order valence-corrected chi connectivity index (χ0v) is 22.1. The lowest BCUT2D eigenvalue weighted by atomic mass is 9.97. The van der Waals surface area contributed by atoms with Crippen LogP contribution in [0.3, 0.4) is 0 Å². The van der Waals surface area contributed by atoms with Crippen molar-refractivity contribution >= 4 is 75.5 Å². The first kappa shape index (κ1) is 21.8. The van der Waals surface area contributed by atoms with Gasteiger partial charge in [0, 0.05) is 25.7 Å². The van der Waals surface area contributed by atoms with Crippen LogP contribution in [-0.4, -0.2) is 9.97 Å². The normalized spacial score (nSPS) is 12.0. The number of furan rings is 1. The molecule has 4 heteroatoms. The van der Waals surface area contributed by atoms with Crippen molar-refractivity contribution in [2.24, 2.45) is 0 Å². The molecule has 9 aromatic rings. The Morgan fingerprint density at radius 3 is 2.25 bits per heavy atom. The number of fused-ring (bicyclic) bond motifs is 9. The Morgan fingerprint density at radius 1 is 0.550 bits per heavy atom. The summed E-state index contributed by atoms with van der Waals surface area (Å²) in [5.74, 6) is 0. The quantitative estimate of drug-likeness (QED) is 0.224. The van der Waals surface area contributed by atoms with Crippen molar-refractivity contribution in [2.45, 2.75) is 0 Å². The average molecular weight is 529 g/mol. The summed E-state index contributed by atoms with van der Waals surface area (Å²) in [6, 6.07) is 42.7. The van der Waals surface area contributed by atoms with Crippen molar-refractivity contribution in [3.63, 3.8) is 0 Å². The van der Waals surface area contributed by atoms with Gasteiger partial charge in [-0.1, -0.05) is 97.1 Å². The van der Waals surface area contributed by atoms with Crippen molar-refractivity contribution in [1.29, 1.82) is 0 Å². The van der Waals surface area contributed by atoms with E-state index < -0.39 is 0 Å². The predicted octanol–water partition coefficient (Wildman–Crippen LogP) is 10.4. The summed E-state index contributed by atoms with van der Waals surface area (Å²) in [7, 11) is 0. The van der Waals surface area contributed by atoms with Crippen molar-refractivity contribution < 1.29 is 4.42 Å². The maximum absolute atomic E-state index is 6.26. The minimum absolute atomic E-state index is 0.567. The van der Waals surface area contributed by atoms with Crippen LogP contribution in [0.4, 0.5) is 0 Å². The largest absolute Gasteiger partial charge is 0.436 e. The van der Waals surface area contributed by atoms with E-state index in [1.807, 2.05) is 23.5 Å². The molecule has 3 heterocycles. The minimum Gasteiger partial charge on any atom is -0.436 e. The van der Waals surface area contributed by atoms with Crippen molar-refractivity contribution in [3.8, 4) is 22.3 Å². The van der Waals surface area contributed by atoms with Crippen molar-refractivity contribution in [1.82, 2.24) is 9.97 Å². The molecular formula is C36H20N2OS. The van der Waals surface area contributed by atoms with Gasteiger partial charge in [0.15, 0.2) is 0 Å². The molecule has 0 amide bonds. The van der Waals surface area contributed by atoms with E-state index >= 15 is 0 Å². The standard InChI is InChI=1S/C36H20N2OS/c1-2-11-24-21(8-1)18-19-30-32(24)34-36(39-30)38-33-25(13-7-16-29(33)37-34)22-9-5-10-23(20-22)26-14-6-15-28-27-12-3-4-17-31(27)40-35(26)28/h1-20H. The third-order valence-electron chi connectivity index (χ3n) is 7.89. The van der Waals surface area contributed by atoms with Gasteiger partial charge in [0.1, 0.15) is 16.6 Å². The molecule has 0 saturated heterocycles. The van der Waals surface area contributed by atoms with Crippen LogP contribution in [0, 0.1) is 0 Å². The first-order valence-corrected chi connectivity index (χ1v) is 14.2. The molecule has 0 unspecified atom stereocenters. The monoisotopic (exact) mass is 528 g/mol. The van der Waals surface area contributed by atoms with Crippen LogP contribution < -0.4 is 0 Å². The van der Waals surface area contributed by atoms with Crippen LogP contribution in [-0.2, 0) is 0 Å². The fraction of sp³-hybridized carbons (Fsp3) is 0. The van der Waals surface area contributed by atoms with E-state index in [4.69, 9.17) is 14.4 Å². The average Bonchev–Trinajstić information content (AvgIpc) is 3.58. The third-order valence-corrected chi connectivity index (χ3v) is 9.11. The molecule has 0 N–H and O–H groups in total. The Hall–Kier alpha value is -5.06. The molecule has 0 aliphatic carbocycles. The molecular weight excluding hydrogens is 508 g/mol. The smallest absolute Gasteiger partial charge is 0.246 e. The van der Waals surface area contributed by atoms with Gasteiger partial charge in [-0.2, -0.15) is 0 Å². The summed E-state index contributed by atoms with van der Waals surface area (Å²) < 4.78 is 8.88. The highest BCUT2D eigenvalue weighted by Gasteiger charge is 2.17. The maximum Gasteiger partial charge on any atom is 0.246 e. The highest BCUT2D eigenvalue weighted by Crippen LogP contribution is 2.41. The number of rotatable bonds is 2. The molecule has 0 spiro atoms. The fourth-order valence-corrected chi connectivity index (χ4v) is 7.28. The Labute approximate surface area is 233 Å². The second-order valence-corrected chi connectivity index (χ2v) is 11.2. The summed E-state index contributed by atoms with van der Waals surface area (Å²) in [6.07, 6.45) is 0. The minimum atomic E-state index is 0.567. The number of hydrogen-bond donors (Lipinski definition) is 0. The Morgan fingerprint density at radius 2 is 1.30 bits per heavy atom. The van der Waals surface area contributed by atoms with Gasteiger partial charge in [0.05, 0.1) is 10.9 Å². The highest BCUT2D eigenvalue weighted by molar-refractivity contribution is 7.26. The molecule has 40 heavy (non-hydrogen) atoms. The highest BCUT2D eigenvalue weighted by atomic mass is 32.1. The molecule has 186 valence electrons. The van der Waals surface area contributed by atoms with Crippen molar-refractivity contribution in [3.05, 3.63) is 121 Å². The van der Waals surface area contributed by atoms with E-state index in [0.29, 0.717) is 5.71 Å². The molecule has 0 aliphatic rings. The number of para-hydroxylation sites is 1. The second kappa shape index (κ2) is 8.22. The molecule has 3 nitrogen and oxygen atoms in total. The van der Waals surface area contributed by atoms with Crippen LogP contribution in [0.2, 0.25) is 0 Å². The lowest BCUT2D eigenvalue weighted by molar-refractivity contribution is 0.655. The first-order valence-electron chi connectivity index (χ1n) is 13.3. The summed E-state index contributed by atoms with van der Waals surface area (Å²) in [5.41, 5.74) is 8.48. The van der Waals surface area contributed by atoms with Gasteiger partial charge in [0.25, 0.3) is 0 Å². The second-order valence-electron chi connectivity index (χ2n) is 10.2. The number of thiophene rings is 1. The lowest BCUT2D eigenvalue weighted by Gasteiger charge is -2.09. The number of benzene rings is 6. The number of aromatic nitrogens is 2. The third kappa shape index (κ3) is 3.11. The van der Waals surface area contributed by atoms with Crippen LogP contribution in [0.1, 0.15) is 0 Å². The van der Waals surface area contributed by atoms with E-state index in [0.717, 1.165) is 44.0 Å². The van der Waals surface area contributed by atoms with E-state index in [2.05, 4.69) is 109 Å².